The van der Waals surface area contributed by atoms with E-state index < -0.39 is 15.8 Å². The van der Waals surface area contributed by atoms with Crippen molar-refractivity contribution in [3.63, 3.8) is 0 Å². The first kappa shape index (κ1) is 16.0. The highest BCUT2D eigenvalue weighted by molar-refractivity contribution is 9.10. The Bertz CT molecular complexity index is 737. The average molecular weight is 376 g/mol. The topological polar surface area (TPSA) is 77.1 Å². The van der Waals surface area contributed by atoms with Crippen molar-refractivity contribution in [2.24, 2.45) is 5.73 Å². The van der Waals surface area contributed by atoms with Gasteiger partial charge in [0.05, 0.1) is 10.2 Å². The lowest BCUT2D eigenvalue weighted by Gasteiger charge is -2.07. The number of anilines is 1. The second-order valence-electron chi connectivity index (χ2n) is 4.39. The maximum Gasteiger partial charge on any atom is 0.263 e. The van der Waals surface area contributed by atoms with E-state index in [1.165, 1.54) is 30.5 Å². The van der Waals surface area contributed by atoms with Gasteiger partial charge < -0.3 is 10.3 Å². The quantitative estimate of drug-likeness (QED) is 0.843. The Labute approximate surface area is 131 Å². The minimum absolute atomic E-state index is 0.130. The Hall–Kier alpha value is -1.38. The van der Waals surface area contributed by atoms with E-state index in [4.69, 9.17) is 5.73 Å². The number of aromatic nitrogens is 1. The number of hydrogen-bond acceptors (Lipinski definition) is 3. The van der Waals surface area contributed by atoms with Crippen LogP contribution < -0.4 is 10.5 Å². The molecule has 0 bridgehead atoms. The number of hydrogen-bond donors (Lipinski definition) is 2. The predicted molar refractivity (Wildman–Crippen MR) is 82.9 cm³/mol. The molecule has 0 atom stereocenters. The van der Waals surface area contributed by atoms with Crippen molar-refractivity contribution < 1.29 is 12.8 Å². The molecule has 2 rings (SSSR count). The van der Waals surface area contributed by atoms with Crippen LogP contribution in [-0.2, 0) is 23.1 Å². The molecule has 0 saturated heterocycles. The monoisotopic (exact) mass is 375 g/mol. The van der Waals surface area contributed by atoms with E-state index in [9.17, 15) is 12.8 Å². The lowest BCUT2D eigenvalue weighted by molar-refractivity contribution is 0.600. The summed E-state index contributed by atoms with van der Waals surface area (Å²) in [4.78, 5) is 0.130. The predicted octanol–water partition coefficient (Wildman–Crippen LogP) is 2.67. The molecule has 0 fully saturated rings. The number of rotatable bonds is 5. The first-order valence-corrected chi connectivity index (χ1v) is 8.52. The molecule has 2 aromatic rings. The summed E-state index contributed by atoms with van der Waals surface area (Å²) in [6, 6.07) is 5.45. The zero-order chi connectivity index (χ0) is 15.6. The highest BCUT2D eigenvalue weighted by atomic mass is 79.9. The summed E-state index contributed by atoms with van der Waals surface area (Å²) in [7, 11) is -3.73. The zero-order valence-corrected chi connectivity index (χ0v) is 13.7. The van der Waals surface area contributed by atoms with Gasteiger partial charge in [-0.15, -0.1) is 0 Å². The number of nitrogens with two attached hydrogens (primary N) is 1. The zero-order valence-electron chi connectivity index (χ0n) is 11.3. The molecule has 0 unspecified atom stereocenters. The van der Waals surface area contributed by atoms with Gasteiger partial charge >= 0.3 is 0 Å². The summed E-state index contributed by atoms with van der Waals surface area (Å²) in [5, 5.41) is 0. The summed E-state index contributed by atoms with van der Waals surface area (Å²) in [6.07, 6.45) is 1.53. The fourth-order valence-corrected chi connectivity index (χ4v) is 3.40. The third-order valence-electron chi connectivity index (χ3n) is 2.99. The van der Waals surface area contributed by atoms with Crippen molar-refractivity contribution in [2.75, 3.05) is 4.72 Å². The van der Waals surface area contributed by atoms with Gasteiger partial charge in [-0.3, -0.25) is 4.72 Å². The van der Waals surface area contributed by atoms with Crippen molar-refractivity contribution in [1.82, 2.24) is 4.57 Å². The summed E-state index contributed by atoms with van der Waals surface area (Å²) >= 11 is 3.02. The van der Waals surface area contributed by atoms with Crippen LogP contribution >= 0.6 is 15.9 Å². The summed E-state index contributed by atoms with van der Waals surface area (Å²) in [6.45, 7) is 2.79. The molecule has 1 aromatic carbocycles. The van der Waals surface area contributed by atoms with Crippen molar-refractivity contribution >= 4 is 31.6 Å². The largest absolute Gasteiger partial charge is 0.349 e. The van der Waals surface area contributed by atoms with E-state index in [0.717, 1.165) is 5.69 Å². The minimum atomic E-state index is -3.73. The molecule has 0 spiro atoms. The van der Waals surface area contributed by atoms with Gasteiger partial charge in [0.1, 0.15) is 10.7 Å². The van der Waals surface area contributed by atoms with Gasteiger partial charge in [-0.2, -0.15) is 0 Å². The maximum absolute atomic E-state index is 13.2. The number of nitrogens with one attached hydrogen (secondary N) is 1. The van der Waals surface area contributed by atoms with Gasteiger partial charge in [-0.1, -0.05) is 0 Å². The summed E-state index contributed by atoms with van der Waals surface area (Å²) < 4.78 is 42.2. The number of halogens is 2. The van der Waals surface area contributed by atoms with E-state index in [1.54, 1.807) is 4.57 Å². The minimum Gasteiger partial charge on any atom is -0.349 e. The maximum atomic E-state index is 13.2. The second-order valence-corrected chi connectivity index (χ2v) is 6.93. The Morgan fingerprint density at radius 2 is 2.10 bits per heavy atom. The molecule has 0 amide bonds. The van der Waals surface area contributed by atoms with Gasteiger partial charge in [-0.05, 0) is 47.1 Å². The molecule has 8 heteroatoms. The molecule has 114 valence electrons. The Balaban J connectivity index is 2.33. The molecule has 0 aliphatic rings. The van der Waals surface area contributed by atoms with Crippen LogP contribution in [0.25, 0.3) is 0 Å². The van der Waals surface area contributed by atoms with E-state index in [1.807, 2.05) is 6.92 Å². The third-order valence-corrected chi connectivity index (χ3v) is 4.95. The number of benzene rings is 1. The Morgan fingerprint density at radius 1 is 1.38 bits per heavy atom. The van der Waals surface area contributed by atoms with E-state index in [2.05, 4.69) is 20.7 Å². The number of nitrogens with zero attached hydrogens (tertiary/aromatic N) is 1. The van der Waals surface area contributed by atoms with Gasteiger partial charge in [0.25, 0.3) is 10.0 Å². The van der Waals surface area contributed by atoms with Gasteiger partial charge in [0.15, 0.2) is 0 Å². The van der Waals surface area contributed by atoms with Crippen LogP contribution in [0, 0.1) is 5.82 Å². The molecule has 21 heavy (non-hydrogen) atoms. The lowest BCUT2D eigenvalue weighted by Crippen LogP contribution is -2.12. The van der Waals surface area contributed by atoms with Crippen molar-refractivity contribution in [2.45, 2.75) is 24.9 Å². The highest BCUT2D eigenvalue weighted by Gasteiger charge is 2.18. The van der Waals surface area contributed by atoms with Crippen LogP contribution in [0.2, 0.25) is 0 Å². The molecular weight excluding hydrogens is 361 g/mol. The number of sulfonamides is 1. The Morgan fingerprint density at radius 3 is 2.62 bits per heavy atom. The molecule has 1 aromatic heterocycles. The van der Waals surface area contributed by atoms with Crippen LogP contribution in [0.1, 0.15) is 12.6 Å². The Kier molecular flexibility index (Phi) is 4.70. The normalized spacial score (nSPS) is 11.6. The van der Waals surface area contributed by atoms with Crippen molar-refractivity contribution in [3.8, 4) is 0 Å². The molecular formula is C13H15BrFN3O2S. The standard InChI is InChI=1S/C13H15BrFN3O2S/c1-2-18-8-11(6-10(18)7-16)21(19,20)17-9-3-4-13(15)12(14)5-9/h3-6,8,17H,2,7,16H2,1H3. The molecule has 5 nitrogen and oxygen atoms in total. The van der Waals surface area contributed by atoms with Crippen LogP contribution in [0.15, 0.2) is 39.8 Å². The number of aryl methyl sites for hydroxylation is 1. The second kappa shape index (κ2) is 6.17. The fourth-order valence-electron chi connectivity index (χ4n) is 1.91. The van der Waals surface area contributed by atoms with Crippen molar-refractivity contribution in [1.29, 1.82) is 0 Å². The SMILES string of the molecule is CCn1cc(S(=O)(=O)Nc2ccc(F)c(Br)c2)cc1CN. The molecule has 0 aliphatic carbocycles. The smallest absolute Gasteiger partial charge is 0.263 e. The van der Waals surface area contributed by atoms with Crippen LogP contribution in [0.3, 0.4) is 0 Å². The van der Waals surface area contributed by atoms with E-state index in [0.29, 0.717) is 6.54 Å². The van der Waals surface area contributed by atoms with E-state index in [-0.39, 0.29) is 21.6 Å². The molecule has 0 saturated carbocycles. The van der Waals surface area contributed by atoms with Crippen LogP contribution in [0.4, 0.5) is 10.1 Å². The van der Waals surface area contributed by atoms with Crippen molar-refractivity contribution in [3.05, 3.63) is 46.4 Å². The van der Waals surface area contributed by atoms with Crippen LogP contribution in [-0.4, -0.2) is 13.0 Å². The first-order chi connectivity index (χ1) is 9.87. The van der Waals surface area contributed by atoms with Gasteiger partial charge in [0, 0.05) is 25.0 Å². The summed E-state index contributed by atoms with van der Waals surface area (Å²) in [5.41, 5.74) is 6.60. The highest BCUT2D eigenvalue weighted by Crippen LogP contribution is 2.23. The molecule has 0 aliphatic heterocycles. The average Bonchev–Trinajstić information content (AvgIpc) is 2.86. The molecule has 0 radical (unpaired) electrons. The lowest BCUT2D eigenvalue weighted by atomic mass is 10.3. The third kappa shape index (κ3) is 3.45. The first-order valence-electron chi connectivity index (χ1n) is 6.24. The summed E-state index contributed by atoms with van der Waals surface area (Å²) in [5.74, 6) is -0.458. The molecule has 1 heterocycles. The molecule has 3 N–H and O–H groups in total. The van der Waals surface area contributed by atoms with Gasteiger partial charge in [-0.25, -0.2) is 12.8 Å². The van der Waals surface area contributed by atoms with E-state index >= 15 is 0 Å². The van der Waals surface area contributed by atoms with Gasteiger partial charge in [0.2, 0.25) is 0 Å². The fraction of sp³-hybridized carbons (Fsp3) is 0.231. The van der Waals surface area contributed by atoms with Crippen LogP contribution in [0.5, 0.6) is 0 Å².